The van der Waals surface area contributed by atoms with Crippen LogP contribution in [-0.4, -0.2) is 26.2 Å². The summed E-state index contributed by atoms with van der Waals surface area (Å²) in [4.78, 5) is 2.27. The van der Waals surface area contributed by atoms with Crippen LogP contribution < -0.4 is 10.2 Å². The van der Waals surface area contributed by atoms with Gasteiger partial charge in [0.2, 0.25) is 0 Å². The van der Waals surface area contributed by atoms with Gasteiger partial charge in [0.05, 0.1) is 0 Å². The summed E-state index contributed by atoms with van der Waals surface area (Å²) >= 11 is 0. The third kappa shape index (κ3) is 1.97. The van der Waals surface area contributed by atoms with Gasteiger partial charge in [0, 0.05) is 37.4 Å². The first-order chi connectivity index (χ1) is 7.20. The van der Waals surface area contributed by atoms with E-state index in [9.17, 15) is 4.39 Å². The SMILES string of the molecule is Cc1ccc(F)c(C)c1N1CCNCC1. The summed E-state index contributed by atoms with van der Waals surface area (Å²) < 4.78 is 13.5. The van der Waals surface area contributed by atoms with Crippen LogP contribution in [0.5, 0.6) is 0 Å². The van der Waals surface area contributed by atoms with Crippen molar-refractivity contribution in [2.45, 2.75) is 13.8 Å². The first-order valence-electron chi connectivity index (χ1n) is 5.41. The minimum absolute atomic E-state index is 0.103. The molecule has 3 heteroatoms. The van der Waals surface area contributed by atoms with Gasteiger partial charge in [-0.05, 0) is 25.5 Å². The molecular formula is C12H17FN2. The fourth-order valence-electron chi connectivity index (χ4n) is 2.19. The Morgan fingerprint density at radius 2 is 1.87 bits per heavy atom. The zero-order valence-corrected chi connectivity index (χ0v) is 9.31. The Morgan fingerprint density at radius 1 is 1.20 bits per heavy atom. The van der Waals surface area contributed by atoms with Gasteiger partial charge in [-0.15, -0.1) is 0 Å². The molecule has 15 heavy (non-hydrogen) atoms. The lowest BCUT2D eigenvalue weighted by atomic mass is 10.1. The normalized spacial score (nSPS) is 16.9. The molecule has 0 aromatic heterocycles. The summed E-state index contributed by atoms with van der Waals surface area (Å²) in [6.07, 6.45) is 0. The highest BCUT2D eigenvalue weighted by atomic mass is 19.1. The van der Waals surface area contributed by atoms with Crippen molar-refractivity contribution in [1.29, 1.82) is 0 Å². The largest absolute Gasteiger partial charge is 0.368 e. The number of nitrogens with zero attached hydrogens (tertiary/aromatic N) is 1. The number of hydrogen-bond donors (Lipinski definition) is 1. The number of piperazine rings is 1. The molecule has 0 saturated carbocycles. The van der Waals surface area contributed by atoms with Crippen LogP contribution in [0.15, 0.2) is 12.1 Å². The van der Waals surface area contributed by atoms with Gasteiger partial charge in [0.25, 0.3) is 0 Å². The van der Waals surface area contributed by atoms with Crippen molar-refractivity contribution in [2.24, 2.45) is 0 Å². The zero-order valence-electron chi connectivity index (χ0n) is 9.31. The van der Waals surface area contributed by atoms with E-state index in [4.69, 9.17) is 0 Å². The highest BCUT2D eigenvalue weighted by molar-refractivity contribution is 5.59. The van der Waals surface area contributed by atoms with Gasteiger partial charge in [0.15, 0.2) is 0 Å². The summed E-state index contributed by atoms with van der Waals surface area (Å²) in [5.74, 6) is -0.103. The van der Waals surface area contributed by atoms with E-state index in [1.807, 2.05) is 19.9 Å². The molecule has 0 aliphatic carbocycles. The molecule has 1 aromatic carbocycles. The number of nitrogens with one attached hydrogen (secondary N) is 1. The summed E-state index contributed by atoms with van der Waals surface area (Å²) in [7, 11) is 0. The number of benzene rings is 1. The highest BCUT2D eigenvalue weighted by Crippen LogP contribution is 2.26. The topological polar surface area (TPSA) is 15.3 Å². The Kier molecular flexibility index (Phi) is 2.91. The van der Waals surface area contributed by atoms with Gasteiger partial charge in [-0.3, -0.25) is 0 Å². The van der Waals surface area contributed by atoms with E-state index in [2.05, 4.69) is 10.2 Å². The van der Waals surface area contributed by atoms with E-state index in [1.54, 1.807) is 6.07 Å². The summed E-state index contributed by atoms with van der Waals surface area (Å²) in [5.41, 5.74) is 3.02. The second-order valence-corrected chi connectivity index (χ2v) is 4.07. The van der Waals surface area contributed by atoms with Gasteiger partial charge < -0.3 is 10.2 Å². The second-order valence-electron chi connectivity index (χ2n) is 4.07. The van der Waals surface area contributed by atoms with Crippen LogP contribution in [0.1, 0.15) is 11.1 Å². The van der Waals surface area contributed by atoms with Crippen LogP contribution in [0.25, 0.3) is 0 Å². The Labute approximate surface area is 90.1 Å². The van der Waals surface area contributed by atoms with Gasteiger partial charge in [-0.25, -0.2) is 4.39 Å². The van der Waals surface area contributed by atoms with Crippen molar-refractivity contribution >= 4 is 5.69 Å². The fraction of sp³-hybridized carbons (Fsp3) is 0.500. The highest BCUT2D eigenvalue weighted by Gasteiger charge is 2.16. The van der Waals surface area contributed by atoms with Crippen molar-refractivity contribution in [2.75, 3.05) is 31.1 Å². The third-order valence-corrected chi connectivity index (χ3v) is 3.00. The summed E-state index contributed by atoms with van der Waals surface area (Å²) in [6.45, 7) is 7.80. The average molecular weight is 208 g/mol. The Bertz CT molecular complexity index is 357. The molecule has 1 aliphatic heterocycles. The van der Waals surface area contributed by atoms with Crippen molar-refractivity contribution < 1.29 is 4.39 Å². The van der Waals surface area contributed by atoms with Crippen molar-refractivity contribution in [3.8, 4) is 0 Å². The second kappa shape index (κ2) is 4.19. The molecule has 0 unspecified atom stereocenters. The number of hydrogen-bond acceptors (Lipinski definition) is 2. The molecule has 0 atom stereocenters. The van der Waals surface area contributed by atoms with Crippen molar-refractivity contribution in [1.82, 2.24) is 5.32 Å². The molecule has 1 aromatic rings. The van der Waals surface area contributed by atoms with Crippen LogP contribution in [0.3, 0.4) is 0 Å². The molecule has 0 radical (unpaired) electrons. The molecule has 1 N–H and O–H groups in total. The standard InChI is InChI=1S/C12H17FN2/c1-9-3-4-11(13)10(2)12(9)15-7-5-14-6-8-15/h3-4,14H,5-8H2,1-2H3. The fourth-order valence-corrected chi connectivity index (χ4v) is 2.19. The maximum absolute atomic E-state index is 13.5. The third-order valence-electron chi connectivity index (χ3n) is 3.00. The average Bonchev–Trinajstić information content (AvgIpc) is 2.26. The first-order valence-corrected chi connectivity index (χ1v) is 5.41. The molecule has 0 amide bonds. The minimum atomic E-state index is -0.103. The van der Waals surface area contributed by atoms with Crippen LogP contribution in [0.4, 0.5) is 10.1 Å². The smallest absolute Gasteiger partial charge is 0.128 e. The van der Waals surface area contributed by atoms with Crippen LogP contribution in [0, 0.1) is 19.7 Å². The van der Waals surface area contributed by atoms with Crippen LogP contribution in [-0.2, 0) is 0 Å². The minimum Gasteiger partial charge on any atom is -0.368 e. The van der Waals surface area contributed by atoms with Gasteiger partial charge in [-0.2, -0.15) is 0 Å². The monoisotopic (exact) mass is 208 g/mol. The molecule has 2 rings (SSSR count). The van der Waals surface area contributed by atoms with E-state index in [0.717, 1.165) is 43.0 Å². The van der Waals surface area contributed by atoms with Crippen molar-refractivity contribution in [3.05, 3.63) is 29.1 Å². The molecule has 1 fully saturated rings. The van der Waals surface area contributed by atoms with Gasteiger partial charge in [-0.1, -0.05) is 6.07 Å². The molecule has 1 saturated heterocycles. The lowest BCUT2D eigenvalue weighted by Crippen LogP contribution is -2.44. The molecule has 1 aliphatic rings. The molecule has 82 valence electrons. The van der Waals surface area contributed by atoms with E-state index < -0.39 is 0 Å². The molecule has 1 heterocycles. The van der Waals surface area contributed by atoms with E-state index in [-0.39, 0.29) is 5.82 Å². The lowest BCUT2D eigenvalue weighted by Gasteiger charge is -2.32. The Morgan fingerprint density at radius 3 is 2.53 bits per heavy atom. The van der Waals surface area contributed by atoms with E-state index in [1.165, 1.54) is 0 Å². The summed E-state index contributed by atoms with van der Waals surface area (Å²) in [6, 6.07) is 3.41. The number of rotatable bonds is 1. The first kappa shape index (κ1) is 10.4. The Hall–Kier alpha value is -1.09. The quantitative estimate of drug-likeness (QED) is 0.757. The molecule has 2 nitrogen and oxygen atoms in total. The molecular weight excluding hydrogens is 191 g/mol. The van der Waals surface area contributed by atoms with Gasteiger partial charge >= 0.3 is 0 Å². The maximum Gasteiger partial charge on any atom is 0.128 e. The van der Waals surface area contributed by atoms with Crippen molar-refractivity contribution in [3.63, 3.8) is 0 Å². The maximum atomic E-state index is 13.5. The Balaban J connectivity index is 2.36. The number of halogens is 1. The molecule has 0 bridgehead atoms. The van der Waals surface area contributed by atoms with E-state index >= 15 is 0 Å². The lowest BCUT2D eigenvalue weighted by molar-refractivity contribution is 0.580. The van der Waals surface area contributed by atoms with Crippen LogP contribution in [0.2, 0.25) is 0 Å². The number of aryl methyl sites for hydroxylation is 1. The predicted molar refractivity (Wildman–Crippen MR) is 61.0 cm³/mol. The zero-order chi connectivity index (χ0) is 10.8. The summed E-state index contributed by atoms with van der Waals surface area (Å²) in [5, 5.41) is 3.30. The predicted octanol–water partition coefficient (Wildman–Crippen LogP) is 1.85. The van der Waals surface area contributed by atoms with Gasteiger partial charge in [0.1, 0.15) is 5.82 Å². The van der Waals surface area contributed by atoms with Crippen LogP contribution >= 0.6 is 0 Å². The number of anilines is 1. The molecule has 0 spiro atoms. The van der Waals surface area contributed by atoms with E-state index in [0.29, 0.717) is 0 Å².